The molecule has 1 saturated carbocycles. The van der Waals surface area contributed by atoms with Crippen molar-refractivity contribution in [3.63, 3.8) is 0 Å². The maximum Gasteiger partial charge on any atom is 0.253 e. The maximum atomic E-state index is 13.2. The van der Waals surface area contributed by atoms with E-state index in [0.29, 0.717) is 28.3 Å². The van der Waals surface area contributed by atoms with Gasteiger partial charge in [-0.25, -0.2) is 0 Å². The third-order valence-corrected chi connectivity index (χ3v) is 6.51. The Hall–Kier alpha value is -2.57. The van der Waals surface area contributed by atoms with Gasteiger partial charge in [0, 0.05) is 40.0 Å². The van der Waals surface area contributed by atoms with Crippen LogP contribution >= 0.6 is 11.6 Å². The molecule has 0 atom stereocenters. The number of hydrogen-bond donors (Lipinski definition) is 3. The van der Waals surface area contributed by atoms with Crippen LogP contribution in [0, 0.1) is 6.92 Å². The van der Waals surface area contributed by atoms with E-state index in [2.05, 4.69) is 22.5 Å². The molecule has 0 spiro atoms. The minimum absolute atomic E-state index is 0.0690. The fourth-order valence-electron chi connectivity index (χ4n) is 4.54. The van der Waals surface area contributed by atoms with Gasteiger partial charge >= 0.3 is 0 Å². The van der Waals surface area contributed by atoms with Crippen LogP contribution in [0.1, 0.15) is 64.8 Å². The van der Waals surface area contributed by atoms with E-state index in [-0.39, 0.29) is 30.2 Å². The smallest absolute Gasteiger partial charge is 0.253 e. The van der Waals surface area contributed by atoms with Crippen LogP contribution in [0.4, 0.5) is 0 Å². The van der Waals surface area contributed by atoms with Crippen molar-refractivity contribution in [1.82, 2.24) is 10.3 Å². The first-order valence-corrected chi connectivity index (χ1v) is 11.7. The Morgan fingerprint density at radius 2 is 1.84 bits per heavy atom. The van der Waals surface area contributed by atoms with E-state index in [4.69, 9.17) is 22.1 Å². The zero-order valence-electron chi connectivity index (χ0n) is 18.4. The lowest BCUT2D eigenvalue weighted by Gasteiger charge is -2.28. The van der Waals surface area contributed by atoms with Gasteiger partial charge in [0.2, 0.25) is 0 Å². The van der Waals surface area contributed by atoms with Gasteiger partial charge in [-0.1, -0.05) is 23.8 Å². The second kappa shape index (κ2) is 9.92. The Labute approximate surface area is 193 Å². The molecular weight excluding hydrogens is 426 g/mol. The molecule has 2 aromatic rings. The predicted octanol–water partition coefficient (Wildman–Crippen LogP) is 3.96. The summed E-state index contributed by atoms with van der Waals surface area (Å²) in [6, 6.07) is 5.69. The standard InChI is InChI=1S/C25H30ClN3O3/c1-15-11-16-5-3-2-4-6-20-21(24(30)28-14-22(16)25(31)29-15)12-17(26)13-23(20)32-19-9-7-18(27)8-10-19/h2,4,11-13,18-19H,3,5-10,14,27H2,1H3,(H,28,30)(H,29,31)/b4-2-/t18-,19-. The van der Waals surface area contributed by atoms with E-state index >= 15 is 0 Å². The van der Waals surface area contributed by atoms with E-state index in [9.17, 15) is 9.59 Å². The summed E-state index contributed by atoms with van der Waals surface area (Å²) < 4.78 is 6.34. The minimum Gasteiger partial charge on any atom is -0.490 e. The van der Waals surface area contributed by atoms with Crippen LogP contribution < -0.4 is 21.3 Å². The van der Waals surface area contributed by atoms with Gasteiger partial charge in [0.05, 0.1) is 6.10 Å². The molecule has 2 heterocycles. The average Bonchev–Trinajstić information content (AvgIpc) is 2.74. The number of hydrogen-bond acceptors (Lipinski definition) is 4. The van der Waals surface area contributed by atoms with Crippen LogP contribution in [0.15, 0.2) is 35.1 Å². The number of rotatable bonds is 2. The highest BCUT2D eigenvalue weighted by atomic mass is 35.5. The number of carbonyl (C=O) groups is 1. The molecule has 1 fully saturated rings. The molecule has 0 unspecified atom stereocenters. The Balaban J connectivity index is 1.66. The number of fused-ring (bicyclic) bond motifs is 2. The SMILES string of the molecule is Cc1cc2c(c(=O)[nH]1)CNC(=O)c1cc(Cl)cc(O[C@H]3CC[C@H](N)CC3)c1C/C=C\CC2. The van der Waals surface area contributed by atoms with Crippen molar-refractivity contribution in [3.8, 4) is 5.75 Å². The largest absolute Gasteiger partial charge is 0.490 e. The number of benzene rings is 1. The molecule has 4 N–H and O–H groups in total. The van der Waals surface area contributed by atoms with Crippen molar-refractivity contribution < 1.29 is 9.53 Å². The molecule has 7 heteroatoms. The summed E-state index contributed by atoms with van der Waals surface area (Å²) >= 11 is 6.38. The van der Waals surface area contributed by atoms with Gasteiger partial charge in [-0.05, 0) is 75.6 Å². The van der Waals surface area contributed by atoms with Gasteiger partial charge in [0.15, 0.2) is 0 Å². The van der Waals surface area contributed by atoms with Gasteiger partial charge in [-0.3, -0.25) is 9.59 Å². The molecule has 1 aromatic heterocycles. The minimum atomic E-state index is -0.266. The highest BCUT2D eigenvalue weighted by Gasteiger charge is 2.23. The lowest BCUT2D eigenvalue weighted by molar-refractivity contribution is 0.0948. The molecule has 2 aliphatic rings. The normalized spacial score (nSPS) is 22.5. The molecule has 1 aliphatic carbocycles. The van der Waals surface area contributed by atoms with Crippen molar-refractivity contribution in [1.29, 1.82) is 0 Å². The number of nitrogens with two attached hydrogens (primary N) is 1. The number of halogens is 1. The average molecular weight is 456 g/mol. The number of amides is 1. The number of aromatic nitrogens is 1. The molecule has 1 amide bonds. The van der Waals surface area contributed by atoms with Gasteiger partial charge in [0.25, 0.3) is 11.5 Å². The second-order valence-electron chi connectivity index (χ2n) is 8.77. The monoisotopic (exact) mass is 455 g/mol. The fourth-order valence-corrected chi connectivity index (χ4v) is 4.75. The number of allylic oxidation sites excluding steroid dienone is 2. The first-order valence-electron chi connectivity index (χ1n) is 11.3. The van der Waals surface area contributed by atoms with Crippen LogP contribution in [0.3, 0.4) is 0 Å². The summed E-state index contributed by atoms with van der Waals surface area (Å²) in [6.07, 6.45) is 10.00. The van der Waals surface area contributed by atoms with Crippen molar-refractivity contribution >= 4 is 17.5 Å². The van der Waals surface area contributed by atoms with E-state index in [1.165, 1.54) is 0 Å². The van der Waals surface area contributed by atoms with Crippen LogP contribution in [0.25, 0.3) is 0 Å². The first-order chi connectivity index (χ1) is 15.4. The Kier molecular flexibility index (Phi) is 7.01. The number of ether oxygens (including phenoxy) is 1. The van der Waals surface area contributed by atoms with E-state index in [1.807, 2.05) is 13.0 Å². The molecule has 0 saturated heterocycles. The predicted molar refractivity (Wildman–Crippen MR) is 126 cm³/mol. The summed E-state index contributed by atoms with van der Waals surface area (Å²) in [5.74, 6) is 0.386. The zero-order chi connectivity index (χ0) is 22.7. The molecule has 4 rings (SSSR count). The van der Waals surface area contributed by atoms with Gasteiger partial charge < -0.3 is 20.8 Å². The third kappa shape index (κ3) is 5.25. The number of aromatic amines is 1. The van der Waals surface area contributed by atoms with E-state index < -0.39 is 0 Å². The van der Waals surface area contributed by atoms with Crippen LogP contribution in [0.2, 0.25) is 5.02 Å². The van der Waals surface area contributed by atoms with Crippen LogP contribution in [0.5, 0.6) is 5.75 Å². The molecule has 1 aromatic carbocycles. The fraction of sp³-hybridized carbons (Fsp3) is 0.440. The number of carbonyl (C=O) groups excluding carboxylic acids is 1. The summed E-state index contributed by atoms with van der Waals surface area (Å²) in [6.45, 7) is 2.03. The van der Waals surface area contributed by atoms with Gasteiger partial charge in [0.1, 0.15) is 5.75 Å². The molecule has 170 valence electrons. The highest BCUT2D eigenvalue weighted by Crippen LogP contribution is 2.32. The van der Waals surface area contributed by atoms with E-state index in [0.717, 1.165) is 55.3 Å². The van der Waals surface area contributed by atoms with Crippen LogP contribution in [-0.2, 0) is 19.4 Å². The van der Waals surface area contributed by atoms with Crippen molar-refractivity contribution in [2.75, 3.05) is 0 Å². The van der Waals surface area contributed by atoms with Crippen LogP contribution in [-0.4, -0.2) is 23.0 Å². The highest BCUT2D eigenvalue weighted by molar-refractivity contribution is 6.31. The summed E-state index contributed by atoms with van der Waals surface area (Å²) in [4.78, 5) is 28.5. The molecule has 32 heavy (non-hydrogen) atoms. The van der Waals surface area contributed by atoms with Gasteiger partial charge in [-0.15, -0.1) is 0 Å². The molecular formula is C25H30ClN3O3. The lowest BCUT2D eigenvalue weighted by atomic mass is 9.93. The summed E-state index contributed by atoms with van der Waals surface area (Å²) in [5.41, 5.74) is 9.54. The number of aryl methyl sites for hydroxylation is 2. The zero-order valence-corrected chi connectivity index (χ0v) is 19.1. The Morgan fingerprint density at radius 1 is 1.06 bits per heavy atom. The molecule has 0 radical (unpaired) electrons. The summed E-state index contributed by atoms with van der Waals surface area (Å²) in [5, 5.41) is 3.37. The van der Waals surface area contributed by atoms with Crippen molar-refractivity contribution in [3.05, 3.63) is 73.7 Å². The second-order valence-corrected chi connectivity index (χ2v) is 9.20. The van der Waals surface area contributed by atoms with E-state index in [1.54, 1.807) is 12.1 Å². The van der Waals surface area contributed by atoms with Crippen molar-refractivity contribution in [2.24, 2.45) is 5.73 Å². The quantitative estimate of drug-likeness (QED) is 0.597. The first kappa shape index (κ1) is 22.6. The molecule has 6 nitrogen and oxygen atoms in total. The molecule has 0 bridgehead atoms. The maximum absolute atomic E-state index is 13.2. The Morgan fingerprint density at radius 3 is 2.62 bits per heavy atom. The molecule has 1 aliphatic heterocycles. The summed E-state index contributed by atoms with van der Waals surface area (Å²) in [7, 11) is 0. The number of H-pyrrole nitrogens is 1. The third-order valence-electron chi connectivity index (χ3n) is 6.29. The van der Waals surface area contributed by atoms with Gasteiger partial charge in [-0.2, -0.15) is 0 Å². The number of nitrogens with one attached hydrogen (secondary N) is 2. The topological polar surface area (TPSA) is 97.2 Å². The van der Waals surface area contributed by atoms with Crippen molar-refractivity contribution in [2.45, 2.75) is 70.6 Å². The number of pyridine rings is 1. The lowest BCUT2D eigenvalue weighted by Crippen LogP contribution is -2.32. The Bertz CT molecular complexity index is 1080.